The molecule has 248 valence electrons. The van der Waals surface area contributed by atoms with Gasteiger partial charge in [0.05, 0.1) is 33.9 Å². The number of H-pyrrole nitrogens is 1. The molecule has 1 aromatic carbocycles. The number of aromatic amines is 1. The number of aliphatic imine (C=N–C) groups is 1. The van der Waals surface area contributed by atoms with Crippen molar-refractivity contribution >= 4 is 63.3 Å². The first kappa shape index (κ1) is 32.5. The van der Waals surface area contributed by atoms with Gasteiger partial charge in [0.15, 0.2) is 11.7 Å². The van der Waals surface area contributed by atoms with E-state index in [1.807, 2.05) is 0 Å². The van der Waals surface area contributed by atoms with E-state index >= 15 is 0 Å². The predicted molar refractivity (Wildman–Crippen MR) is 176 cm³/mol. The molecule has 5 rings (SSSR count). The summed E-state index contributed by atoms with van der Waals surface area (Å²) in [5, 5.41) is 22.3. The molecule has 0 fully saturated rings. The van der Waals surface area contributed by atoms with Crippen LogP contribution in [0.15, 0.2) is 64.4 Å². The molecular weight excluding hydrogens is 626 g/mol. The molecule has 4 aromatic heterocycles. The average molecular weight is 658 g/mol. The van der Waals surface area contributed by atoms with Crippen molar-refractivity contribution in [3.05, 3.63) is 93.5 Å². The first-order chi connectivity index (χ1) is 22.8. The highest BCUT2D eigenvalue weighted by molar-refractivity contribution is 6.11. The maximum atomic E-state index is 13.3. The zero-order valence-electron chi connectivity index (χ0n) is 25.9. The Balaban J connectivity index is 1.25. The highest BCUT2D eigenvalue weighted by atomic mass is 16.6. The lowest BCUT2D eigenvalue weighted by Gasteiger charge is -2.09. The summed E-state index contributed by atoms with van der Waals surface area (Å²) in [5.74, 6) is -2.43. The second-order valence-electron chi connectivity index (χ2n) is 10.6. The molecular formula is C30H31N11O7. The summed E-state index contributed by atoms with van der Waals surface area (Å²) in [7, 11) is 3.24. The van der Waals surface area contributed by atoms with Crippen molar-refractivity contribution in [1.82, 2.24) is 19.4 Å². The van der Waals surface area contributed by atoms with Gasteiger partial charge in [-0.2, -0.15) is 0 Å². The highest BCUT2D eigenvalue weighted by Gasteiger charge is 2.24. The number of hydrogen-bond acceptors (Lipinski definition) is 8. The Morgan fingerprint density at radius 1 is 0.958 bits per heavy atom. The Labute approximate surface area is 271 Å². The van der Waals surface area contributed by atoms with E-state index in [1.165, 1.54) is 57.9 Å². The number of nitro groups is 1. The zero-order chi connectivity index (χ0) is 34.7. The number of non-ortho nitro benzene ring substituents is 1. The van der Waals surface area contributed by atoms with E-state index < -0.39 is 28.6 Å². The minimum absolute atomic E-state index is 0.0967. The van der Waals surface area contributed by atoms with Gasteiger partial charge in [-0.25, -0.2) is 0 Å². The quantitative estimate of drug-likeness (QED) is 0.0361. The molecule has 4 heterocycles. The van der Waals surface area contributed by atoms with Crippen LogP contribution >= 0.6 is 0 Å². The molecule has 5 aromatic rings. The minimum atomic E-state index is -0.665. The van der Waals surface area contributed by atoms with Gasteiger partial charge in [-0.15, -0.1) is 0 Å². The third-order valence-corrected chi connectivity index (χ3v) is 7.27. The largest absolute Gasteiger partial charge is 0.451 e. The number of aromatic nitrogens is 3. The lowest BCUT2D eigenvalue weighted by Crippen LogP contribution is -2.29. The standard InChI is InChI=1S/C30H31N11O7/c1-15-19(14-40(3)25(15)29(45)37-18-7-8-33-24(18)28(44)34-9-10-35-30(31)32)38-26(42)21-11-16(13-39(21)2)36-27(43)23-12-17-20(41(46)47)5-4-6-22(17)48-23/h4-8,11-14,33H,9-10H2,1-3H3,(H,34,44)(H,36,43)(H,37,45)(H,38,42)(H4,31,32,35). The average Bonchev–Trinajstić information content (AvgIpc) is 3.80. The van der Waals surface area contributed by atoms with Gasteiger partial charge in [0.1, 0.15) is 22.7 Å². The number of nitro benzene ring substituents is 1. The molecule has 48 heavy (non-hydrogen) atoms. The summed E-state index contributed by atoms with van der Waals surface area (Å²) in [5.41, 5.74) is 12.4. The number of carbonyl (C=O) groups excluding carboxylic acids is 4. The van der Waals surface area contributed by atoms with Crippen molar-refractivity contribution in [2.75, 3.05) is 29.0 Å². The summed E-state index contributed by atoms with van der Waals surface area (Å²) >= 11 is 0. The molecule has 9 N–H and O–H groups in total. The van der Waals surface area contributed by atoms with E-state index in [0.717, 1.165) is 0 Å². The topological polar surface area (TPSA) is 263 Å². The fraction of sp³-hybridized carbons (Fsp3) is 0.167. The Morgan fingerprint density at radius 3 is 2.44 bits per heavy atom. The van der Waals surface area contributed by atoms with Crippen molar-refractivity contribution in [1.29, 1.82) is 0 Å². The second kappa shape index (κ2) is 13.3. The number of aryl methyl sites for hydroxylation is 2. The molecule has 0 aliphatic heterocycles. The van der Waals surface area contributed by atoms with Gasteiger partial charge < -0.3 is 51.3 Å². The van der Waals surface area contributed by atoms with Crippen LogP contribution in [0.25, 0.3) is 11.0 Å². The lowest BCUT2D eigenvalue weighted by molar-refractivity contribution is -0.383. The number of hydrogen-bond donors (Lipinski definition) is 7. The maximum Gasteiger partial charge on any atom is 0.291 e. The number of furan rings is 1. The molecule has 0 aliphatic carbocycles. The number of carbonyl (C=O) groups is 4. The highest BCUT2D eigenvalue weighted by Crippen LogP contribution is 2.29. The van der Waals surface area contributed by atoms with E-state index in [-0.39, 0.29) is 69.9 Å². The third kappa shape index (κ3) is 6.71. The third-order valence-electron chi connectivity index (χ3n) is 7.27. The molecule has 0 spiro atoms. The Morgan fingerprint density at radius 2 is 1.71 bits per heavy atom. The second-order valence-corrected chi connectivity index (χ2v) is 10.6. The smallest absolute Gasteiger partial charge is 0.291 e. The van der Waals surface area contributed by atoms with Crippen LogP contribution in [-0.2, 0) is 14.1 Å². The molecule has 18 heteroatoms. The van der Waals surface area contributed by atoms with Crippen molar-refractivity contribution < 1.29 is 28.5 Å². The van der Waals surface area contributed by atoms with E-state index in [4.69, 9.17) is 15.9 Å². The van der Waals surface area contributed by atoms with E-state index in [1.54, 1.807) is 27.2 Å². The van der Waals surface area contributed by atoms with Crippen molar-refractivity contribution in [2.24, 2.45) is 30.6 Å². The zero-order valence-corrected chi connectivity index (χ0v) is 25.9. The fourth-order valence-corrected chi connectivity index (χ4v) is 5.04. The molecule has 0 saturated heterocycles. The molecule has 0 unspecified atom stereocenters. The van der Waals surface area contributed by atoms with Crippen LogP contribution in [-0.4, -0.2) is 61.7 Å². The number of amides is 4. The number of nitrogens with one attached hydrogen (secondary N) is 5. The van der Waals surface area contributed by atoms with Crippen LogP contribution in [0, 0.1) is 17.0 Å². The number of nitrogens with two attached hydrogens (primary N) is 2. The van der Waals surface area contributed by atoms with E-state index in [2.05, 4.69) is 31.2 Å². The molecule has 18 nitrogen and oxygen atoms in total. The van der Waals surface area contributed by atoms with Gasteiger partial charge in [0.2, 0.25) is 0 Å². The minimum Gasteiger partial charge on any atom is -0.451 e. The van der Waals surface area contributed by atoms with Gasteiger partial charge in [-0.05, 0) is 25.1 Å². The van der Waals surface area contributed by atoms with Gasteiger partial charge >= 0.3 is 0 Å². The lowest BCUT2D eigenvalue weighted by atomic mass is 10.2. The van der Waals surface area contributed by atoms with Gasteiger partial charge in [-0.1, -0.05) is 6.07 Å². The summed E-state index contributed by atoms with van der Waals surface area (Å²) in [6, 6.07) is 8.55. The van der Waals surface area contributed by atoms with E-state index in [9.17, 15) is 29.3 Å². The molecule has 0 aliphatic rings. The molecule has 0 saturated carbocycles. The normalized spacial score (nSPS) is 10.8. The number of benzene rings is 1. The SMILES string of the molecule is Cc1c(NC(=O)c2cc(NC(=O)c3cc4c([N+](=O)[O-])cccc4o3)cn2C)cn(C)c1C(=O)Nc1cc[nH]c1C(=O)NCCN=C(N)N. The van der Waals surface area contributed by atoms with Gasteiger partial charge in [-0.3, -0.25) is 34.3 Å². The first-order valence-corrected chi connectivity index (χ1v) is 14.3. The number of nitrogens with zero attached hydrogens (tertiary/aromatic N) is 4. The molecule has 0 radical (unpaired) electrons. The fourth-order valence-electron chi connectivity index (χ4n) is 5.04. The molecule has 0 atom stereocenters. The van der Waals surface area contributed by atoms with Crippen molar-refractivity contribution in [2.45, 2.75) is 6.92 Å². The maximum absolute atomic E-state index is 13.3. The summed E-state index contributed by atoms with van der Waals surface area (Å²) in [6.07, 6.45) is 4.59. The van der Waals surface area contributed by atoms with Crippen LogP contribution in [0.1, 0.15) is 47.6 Å². The Bertz CT molecular complexity index is 2110. The summed E-state index contributed by atoms with van der Waals surface area (Å²) in [6.45, 7) is 2.02. The monoisotopic (exact) mass is 657 g/mol. The number of guanidine groups is 1. The van der Waals surface area contributed by atoms with Crippen LogP contribution in [0.4, 0.5) is 22.7 Å². The Kier molecular flexibility index (Phi) is 8.98. The first-order valence-electron chi connectivity index (χ1n) is 14.3. The molecule has 4 amide bonds. The number of fused-ring (bicyclic) bond motifs is 1. The van der Waals surface area contributed by atoms with Crippen LogP contribution in [0.5, 0.6) is 0 Å². The van der Waals surface area contributed by atoms with Crippen LogP contribution in [0.3, 0.4) is 0 Å². The van der Waals surface area contributed by atoms with Gasteiger partial charge in [0.25, 0.3) is 29.3 Å². The molecule has 0 bridgehead atoms. The van der Waals surface area contributed by atoms with Crippen molar-refractivity contribution in [3.63, 3.8) is 0 Å². The Hall–Kier alpha value is -6.85. The van der Waals surface area contributed by atoms with Crippen LogP contribution < -0.4 is 32.7 Å². The predicted octanol–water partition coefficient (Wildman–Crippen LogP) is 2.41. The summed E-state index contributed by atoms with van der Waals surface area (Å²) in [4.78, 5) is 69.4. The van der Waals surface area contributed by atoms with Crippen LogP contribution in [0.2, 0.25) is 0 Å². The number of rotatable bonds is 11. The number of anilines is 3. The van der Waals surface area contributed by atoms with Crippen molar-refractivity contribution in [3.8, 4) is 0 Å². The van der Waals surface area contributed by atoms with E-state index in [0.29, 0.717) is 11.3 Å². The van der Waals surface area contributed by atoms with Gasteiger partial charge in [0, 0.05) is 56.9 Å². The summed E-state index contributed by atoms with van der Waals surface area (Å²) < 4.78 is 8.54.